The Labute approximate surface area is 367 Å². The number of hydrogen-bond acceptors (Lipinski definition) is 3. The second kappa shape index (κ2) is 14.2. The van der Waals surface area contributed by atoms with Crippen LogP contribution in [0.1, 0.15) is 0 Å². The van der Waals surface area contributed by atoms with Gasteiger partial charge in [0.25, 0.3) is 0 Å². The molecule has 5 heteroatoms. The average Bonchev–Trinajstić information content (AvgIpc) is 4.04. The van der Waals surface area contributed by atoms with Gasteiger partial charge in [-0.2, -0.15) is 0 Å². The van der Waals surface area contributed by atoms with Gasteiger partial charge in [0.15, 0.2) is 0 Å². The molecule has 4 nitrogen and oxygen atoms in total. The first kappa shape index (κ1) is 35.6. The highest BCUT2D eigenvalue weighted by Crippen LogP contribution is 2.43. The Morgan fingerprint density at radius 3 is 1.76 bits per heavy atom. The number of aromatic nitrogens is 4. The Morgan fingerprint density at radius 1 is 0.365 bits per heavy atom. The number of para-hydroxylation sites is 3. The van der Waals surface area contributed by atoms with Crippen molar-refractivity contribution in [3.8, 4) is 55.6 Å². The molecule has 0 radical (unpaired) electrons. The minimum Gasteiger partial charge on any atom is -0.309 e. The molecule has 0 saturated carbocycles. The van der Waals surface area contributed by atoms with Gasteiger partial charge in [-0.1, -0.05) is 170 Å². The first-order chi connectivity index (χ1) is 31.2. The summed E-state index contributed by atoms with van der Waals surface area (Å²) in [6.07, 6.45) is 0. The summed E-state index contributed by atoms with van der Waals surface area (Å²) < 4.78 is 5.77. The quantitative estimate of drug-likeness (QED) is 0.167. The summed E-state index contributed by atoms with van der Waals surface area (Å²) in [5.41, 5.74) is 14.4. The summed E-state index contributed by atoms with van der Waals surface area (Å²) in [5, 5.41) is 7.16. The van der Waals surface area contributed by atoms with Gasteiger partial charge in [0.2, 0.25) is 5.95 Å². The molecular formula is C58H36N4S. The largest absolute Gasteiger partial charge is 0.309 e. The van der Waals surface area contributed by atoms with E-state index < -0.39 is 0 Å². The number of thiophene rings is 1. The number of hydrogen-bond donors (Lipinski definition) is 0. The van der Waals surface area contributed by atoms with E-state index in [-0.39, 0.29) is 0 Å². The fourth-order valence-corrected chi connectivity index (χ4v) is 10.7. The molecule has 63 heavy (non-hydrogen) atoms. The highest BCUT2D eigenvalue weighted by Gasteiger charge is 2.22. The van der Waals surface area contributed by atoms with Gasteiger partial charge in [-0.05, 0) is 81.6 Å². The third-order valence-corrected chi connectivity index (χ3v) is 13.7. The van der Waals surface area contributed by atoms with E-state index >= 15 is 0 Å². The van der Waals surface area contributed by atoms with Crippen molar-refractivity contribution in [2.75, 3.05) is 0 Å². The van der Waals surface area contributed by atoms with Gasteiger partial charge in [0.1, 0.15) is 0 Å². The van der Waals surface area contributed by atoms with Crippen molar-refractivity contribution in [1.82, 2.24) is 19.1 Å². The first-order valence-corrected chi connectivity index (χ1v) is 22.1. The highest BCUT2D eigenvalue weighted by molar-refractivity contribution is 7.22. The van der Waals surface area contributed by atoms with Gasteiger partial charge in [0.05, 0.1) is 38.0 Å². The summed E-state index contributed by atoms with van der Waals surface area (Å²) in [5.74, 6) is 0.649. The van der Waals surface area contributed by atoms with Crippen molar-refractivity contribution in [3.63, 3.8) is 0 Å². The topological polar surface area (TPSA) is 35.6 Å². The molecule has 13 aromatic rings. The Kier molecular flexibility index (Phi) is 8.05. The predicted molar refractivity (Wildman–Crippen MR) is 265 cm³/mol. The van der Waals surface area contributed by atoms with E-state index in [4.69, 9.17) is 9.97 Å². The van der Waals surface area contributed by atoms with Crippen LogP contribution in [-0.2, 0) is 0 Å². The molecule has 0 fully saturated rings. The van der Waals surface area contributed by atoms with Crippen LogP contribution < -0.4 is 0 Å². The Bertz CT molecular complexity index is 3880. The lowest BCUT2D eigenvalue weighted by atomic mass is 9.99. The van der Waals surface area contributed by atoms with Crippen LogP contribution in [0, 0.1) is 0 Å². The molecular weight excluding hydrogens is 785 g/mol. The molecule has 0 saturated heterocycles. The Hall–Kier alpha value is -8.12. The average molecular weight is 821 g/mol. The zero-order valence-corrected chi connectivity index (χ0v) is 34.8. The van der Waals surface area contributed by atoms with E-state index in [1.165, 1.54) is 59.7 Å². The normalized spacial score (nSPS) is 11.8. The van der Waals surface area contributed by atoms with Crippen molar-refractivity contribution in [2.45, 2.75) is 0 Å². The van der Waals surface area contributed by atoms with Crippen LogP contribution in [0.25, 0.3) is 120 Å². The first-order valence-electron chi connectivity index (χ1n) is 21.3. The fourth-order valence-electron chi connectivity index (χ4n) is 9.59. The van der Waals surface area contributed by atoms with E-state index in [2.05, 4.69) is 228 Å². The Morgan fingerprint density at radius 2 is 0.968 bits per heavy atom. The Balaban J connectivity index is 1.07. The van der Waals surface area contributed by atoms with E-state index in [9.17, 15) is 0 Å². The summed E-state index contributed by atoms with van der Waals surface area (Å²) in [6.45, 7) is 0. The van der Waals surface area contributed by atoms with Gasteiger partial charge >= 0.3 is 0 Å². The molecule has 0 aliphatic heterocycles. The van der Waals surface area contributed by atoms with Gasteiger partial charge in [-0.3, -0.25) is 4.57 Å². The van der Waals surface area contributed by atoms with Gasteiger partial charge in [0, 0.05) is 43.2 Å². The number of nitrogens with zero attached hydrogens (tertiary/aromatic N) is 4. The minimum absolute atomic E-state index is 0.649. The predicted octanol–water partition coefficient (Wildman–Crippen LogP) is 15.7. The van der Waals surface area contributed by atoms with Crippen LogP contribution in [0.15, 0.2) is 218 Å². The second-order valence-electron chi connectivity index (χ2n) is 16.2. The molecule has 4 aromatic heterocycles. The van der Waals surface area contributed by atoms with Crippen molar-refractivity contribution in [3.05, 3.63) is 218 Å². The van der Waals surface area contributed by atoms with Gasteiger partial charge < -0.3 is 4.57 Å². The standard InChI is InChI=1S/C58H36N4S/c1-4-15-37(16-5-1)38-27-29-40(30-28-38)55-57-50(36-54(63-57)39-17-6-2-7-18-39)59-58(60-55)62-52-32-31-43(34-48(52)49-33-41-19-10-11-20-42(41)35-53(49)62)45-24-14-25-47-46-23-12-13-26-51(46)61(56(45)47)44-21-8-3-9-22-44/h1-36H. The van der Waals surface area contributed by atoms with Crippen LogP contribution in [-0.4, -0.2) is 19.1 Å². The number of benzene rings is 9. The molecule has 0 aliphatic carbocycles. The molecule has 0 bridgehead atoms. The summed E-state index contributed by atoms with van der Waals surface area (Å²) in [4.78, 5) is 12.2. The van der Waals surface area contributed by atoms with Crippen molar-refractivity contribution in [1.29, 1.82) is 0 Å². The van der Waals surface area contributed by atoms with Crippen LogP contribution in [0.5, 0.6) is 0 Å². The van der Waals surface area contributed by atoms with Crippen LogP contribution in [0.2, 0.25) is 0 Å². The highest BCUT2D eigenvalue weighted by atomic mass is 32.1. The molecule has 4 heterocycles. The fraction of sp³-hybridized carbons (Fsp3) is 0. The zero-order chi connectivity index (χ0) is 41.4. The SMILES string of the molecule is c1ccc(-c2ccc(-c3nc(-n4c5ccc(-c6cccc7c8ccccc8n(-c8ccccc8)c67)cc5c5cc6ccccc6cc54)nc4cc(-c5ccccc5)sc34)cc2)cc1. The third kappa shape index (κ3) is 5.74. The lowest BCUT2D eigenvalue weighted by molar-refractivity contribution is 1.02. The van der Waals surface area contributed by atoms with Crippen LogP contribution in [0.4, 0.5) is 0 Å². The van der Waals surface area contributed by atoms with Crippen molar-refractivity contribution < 1.29 is 0 Å². The third-order valence-electron chi connectivity index (χ3n) is 12.5. The molecule has 0 amide bonds. The maximum atomic E-state index is 5.55. The maximum Gasteiger partial charge on any atom is 0.235 e. The molecule has 0 atom stereocenters. The van der Waals surface area contributed by atoms with E-state index in [0.717, 1.165) is 54.5 Å². The number of fused-ring (bicyclic) bond motifs is 8. The van der Waals surface area contributed by atoms with Gasteiger partial charge in [-0.15, -0.1) is 11.3 Å². The molecule has 0 unspecified atom stereocenters. The lowest BCUT2D eigenvalue weighted by Crippen LogP contribution is -2.02. The monoisotopic (exact) mass is 820 g/mol. The second-order valence-corrected chi connectivity index (χ2v) is 17.2. The smallest absolute Gasteiger partial charge is 0.235 e. The van der Waals surface area contributed by atoms with E-state index in [0.29, 0.717) is 5.95 Å². The summed E-state index contributed by atoms with van der Waals surface area (Å²) in [6, 6.07) is 78.6. The van der Waals surface area contributed by atoms with E-state index in [1.54, 1.807) is 11.3 Å². The molecule has 9 aromatic carbocycles. The molecule has 13 rings (SSSR count). The van der Waals surface area contributed by atoms with Crippen LogP contribution >= 0.6 is 11.3 Å². The van der Waals surface area contributed by atoms with Crippen LogP contribution in [0.3, 0.4) is 0 Å². The maximum absolute atomic E-state index is 5.55. The van der Waals surface area contributed by atoms with Crippen molar-refractivity contribution in [2.24, 2.45) is 0 Å². The van der Waals surface area contributed by atoms with Gasteiger partial charge in [-0.25, -0.2) is 9.97 Å². The molecule has 294 valence electrons. The molecule has 0 aliphatic rings. The minimum atomic E-state index is 0.649. The summed E-state index contributed by atoms with van der Waals surface area (Å²) in [7, 11) is 0. The zero-order valence-electron chi connectivity index (χ0n) is 34.0. The molecule has 0 N–H and O–H groups in total. The lowest BCUT2D eigenvalue weighted by Gasteiger charge is -2.12. The number of rotatable bonds is 6. The molecule has 0 spiro atoms. The van der Waals surface area contributed by atoms with Crippen molar-refractivity contribution >= 4 is 75.9 Å². The summed E-state index contributed by atoms with van der Waals surface area (Å²) >= 11 is 1.75. The van der Waals surface area contributed by atoms with E-state index in [1.807, 2.05) is 0 Å².